The summed E-state index contributed by atoms with van der Waals surface area (Å²) in [6.07, 6.45) is 0. The Balaban J connectivity index is 1.79. The van der Waals surface area contributed by atoms with Crippen molar-refractivity contribution in [1.29, 1.82) is 0 Å². The zero-order valence-electron chi connectivity index (χ0n) is 15.6. The van der Waals surface area contributed by atoms with Gasteiger partial charge in [-0.25, -0.2) is 4.98 Å². The van der Waals surface area contributed by atoms with Gasteiger partial charge in [0.05, 0.1) is 0 Å². The summed E-state index contributed by atoms with van der Waals surface area (Å²) in [6.45, 7) is 3.54. The molecule has 1 heterocycles. The standard InChI is InChI=1S/C21H20ClN3O2S/c1-14-8-9-17(22)11-18(14)24-19(26)12-25-20(27)10-15(2)23-21(25)28-13-16-6-4-3-5-7-16/h3-11H,12-13H2,1-2H3,(H,24,26). The van der Waals surface area contributed by atoms with E-state index in [0.717, 1.165) is 11.1 Å². The second-order valence-electron chi connectivity index (χ2n) is 6.39. The molecule has 28 heavy (non-hydrogen) atoms. The number of anilines is 1. The average Bonchev–Trinajstić information content (AvgIpc) is 2.66. The first-order valence-corrected chi connectivity index (χ1v) is 10.1. The summed E-state index contributed by atoms with van der Waals surface area (Å²) < 4.78 is 1.40. The van der Waals surface area contributed by atoms with E-state index in [1.807, 2.05) is 43.3 Å². The summed E-state index contributed by atoms with van der Waals surface area (Å²) in [5.41, 5.74) is 3.02. The molecule has 3 aromatic rings. The van der Waals surface area contributed by atoms with Crippen LogP contribution in [0.3, 0.4) is 0 Å². The molecule has 0 bridgehead atoms. The molecule has 0 fully saturated rings. The van der Waals surface area contributed by atoms with Crippen LogP contribution < -0.4 is 10.9 Å². The molecule has 0 unspecified atom stereocenters. The molecule has 144 valence electrons. The number of halogens is 1. The van der Waals surface area contributed by atoms with Gasteiger partial charge in [0.15, 0.2) is 5.16 Å². The van der Waals surface area contributed by atoms with Gasteiger partial charge in [-0.2, -0.15) is 0 Å². The van der Waals surface area contributed by atoms with Crippen LogP contribution in [0.15, 0.2) is 64.5 Å². The maximum Gasteiger partial charge on any atom is 0.254 e. The van der Waals surface area contributed by atoms with Gasteiger partial charge in [0.1, 0.15) is 6.54 Å². The molecular formula is C21H20ClN3O2S. The van der Waals surface area contributed by atoms with E-state index in [1.165, 1.54) is 22.4 Å². The quantitative estimate of drug-likeness (QED) is 0.479. The molecule has 0 saturated carbocycles. The lowest BCUT2D eigenvalue weighted by Crippen LogP contribution is -2.29. The van der Waals surface area contributed by atoms with Crippen LogP contribution in [-0.4, -0.2) is 15.5 Å². The van der Waals surface area contributed by atoms with Crippen molar-refractivity contribution in [1.82, 2.24) is 9.55 Å². The highest BCUT2D eigenvalue weighted by molar-refractivity contribution is 7.98. The first-order chi connectivity index (χ1) is 13.4. The largest absolute Gasteiger partial charge is 0.324 e. The minimum Gasteiger partial charge on any atom is -0.324 e. The average molecular weight is 414 g/mol. The fourth-order valence-corrected chi connectivity index (χ4v) is 3.81. The number of rotatable bonds is 6. The topological polar surface area (TPSA) is 64.0 Å². The Kier molecular flexibility index (Phi) is 6.54. The van der Waals surface area contributed by atoms with E-state index in [-0.39, 0.29) is 18.0 Å². The molecule has 1 amide bonds. The number of hydrogen-bond acceptors (Lipinski definition) is 4. The number of thioether (sulfide) groups is 1. The molecule has 1 aromatic heterocycles. The number of aromatic nitrogens is 2. The van der Waals surface area contributed by atoms with E-state index in [2.05, 4.69) is 10.3 Å². The molecule has 0 aliphatic heterocycles. The van der Waals surface area contributed by atoms with E-state index in [0.29, 0.717) is 27.3 Å². The van der Waals surface area contributed by atoms with Crippen molar-refractivity contribution in [2.45, 2.75) is 31.3 Å². The van der Waals surface area contributed by atoms with E-state index in [4.69, 9.17) is 11.6 Å². The number of aryl methyl sites for hydroxylation is 2. The van der Waals surface area contributed by atoms with Gasteiger partial charge in [0, 0.05) is 28.2 Å². The predicted molar refractivity (Wildman–Crippen MR) is 114 cm³/mol. The lowest BCUT2D eigenvalue weighted by atomic mass is 10.2. The third kappa shape index (κ3) is 5.24. The minimum atomic E-state index is -0.306. The smallest absolute Gasteiger partial charge is 0.254 e. The number of carbonyl (C=O) groups is 1. The van der Waals surface area contributed by atoms with Crippen LogP contribution in [0.2, 0.25) is 5.02 Å². The zero-order valence-corrected chi connectivity index (χ0v) is 17.2. The monoisotopic (exact) mass is 413 g/mol. The Bertz CT molecular complexity index is 1050. The van der Waals surface area contributed by atoms with E-state index in [1.54, 1.807) is 19.1 Å². The van der Waals surface area contributed by atoms with Crippen molar-refractivity contribution < 1.29 is 4.79 Å². The predicted octanol–water partition coefficient (Wildman–Crippen LogP) is 4.44. The second kappa shape index (κ2) is 9.08. The van der Waals surface area contributed by atoms with Crippen molar-refractivity contribution in [3.05, 3.63) is 86.8 Å². The van der Waals surface area contributed by atoms with Crippen molar-refractivity contribution in [2.24, 2.45) is 0 Å². The maximum atomic E-state index is 12.6. The number of amides is 1. The summed E-state index contributed by atoms with van der Waals surface area (Å²) in [7, 11) is 0. The molecule has 0 spiro atoms. The summed E-state index contributed by atoms with van der Waals surface area (Å²) in [5, 5.41) is 3.88. The van der Waals surface area contributed by atoms with Crippen LogP contribution in [0.4, 0.5) is 5.69 Å². The highest BCUT2D eigenvalue weighted by Crippen LogP contribution is 2.22. The number of benzene rings is 2. The Morgan fingerprint density at radius 1 is 1.14 bits per heavy atom. The lowest BCUT2D eigenvalue weighted by molar-refractivity contribution is -0.116. The van der Waals surface area contributed by atoms with Gasteiger partial charge in [-0.15, -0.1) is 0 Å². The van der Waals surface area contributed by atoms with Crippen LogP contribution in [0.1, 0.15) is 16.8 Å². The molecule has 2 aromatic carbocycles. The van der Waals surface area contributed by atoms with Gasteiger partial charge in [0.2, 0.25) is 5.91 Å². The molecular weight excluding hydrogens is 394 g/mol. The van der Waals surface area contributed by atoms with Gasteiger partial charge in [-0.3, -0.25) is 14.2 Å². The molecule has 7 heteroatoms. The van der Waals surface area contributed by atoms with E-state index in [9.17, 15) is 9.59 Å². The van der Waals surface area contributed by atoms with Gasteiger partial charge in [-0.1, -0.05) is 59.8 Å². The van der Waals surface area contributed by atoms with Crippen LogP contribution in [0.5, 0.6) is 0 Å². The molecule has 0 radical (unpaired) electrons. The van der Waals surface area contributed by atoms with Crippen LogP contribution >= 0.6 is 23.4 Å². The Morgan fingerprint density at radius 2 is 1.89 bits per heavy atom. The van der Waals surface area contributed by atoms with E-state index < -0.39 is 0 Å². The van der Waals surface area contributed by atoms with Crippen molar-refractivity contribution in [3.8, 4) is 0 Å². The van der Waals surface area contributed by atoms with Crippen molar-refractivity contribution >= 4 is 35.0 Å². The Hall–Kier alpha value is -2.57. The fraction of sp³-hybridized carbons (Fsp3) is 0.190. The Morgan fingerprint density at radius 3 is 2.64 bits per heavy atom. The van der Waals surface area contributed by atoms with Gasteiger partial charge in [-0.05, 0) is 37.1 Å². The molecule has 0 aliphatic carbocycles. The number of carbonyl (C=O) groups excluding carboxylic acids is 1. The van der Waals surface area contributed by atoms with E-state index >= 15 is 0 Å². The van der Waals surface area contributed by atoms with Gasteiger partial charge < -0.3 is 5.32 Å². The summed E-state index contributed by atoms with van der Waals surface area (Å²) in [5.74, 6) is 0.353. The first kappa shape index (κ1) is 20.2. The summed E-state index contributed by atoms with van der Waals surface area (Å²) >= 11 is 7.44. The zero-order chi connectivity index (χ0) is 20.1. The molecule has 3 rings (SSSR count). The molecule has 0 atom stereocenters. The van der Waals surface area contributed by atoms with Gasteiger partial charge >= 0.3 is 0 Å². The van der Waals surface area contributed by atoms with Crippen molar-refractivity contribution in [2.75, 3.05) is 5.32 Å². The highest BCUT2D eigenvalue weighted by atomic mass is 35.5. The second-order valence-corrected chi connectivity index (χ2v) is 7.77. The highest BCUT2D eigenvalue weighted by Gasteiger charge is 2.13. The Labute approximate surface area is 172 Å². The number of nitrogens with one attached hydrogen (secondary N) is 1. The molecule has 0 saturated heterocycles. The third-order valence-electron chi connectivity index (χ3n) is 4.09. The summed E-state index contributed by atoms with van der Waals surface area (Å²) in [4.78, 5) is 29.5. The SMILES string of the molecule is Cc1cc(=O)n(CC(=O)Nc2cc(Cl)ccc2C)c(SCc2ccccc2)n1. The van der Waals surface area contributed by atoms with Crippen LogP contribution in [-0.2, 0) is 17.1 Å². The van der Waals surface area contributed by atoms with Gasteiger partial charge in [0.25, 0.3) is 5.56 Å². The molecule has 5 nitrogen and oxygen atoms in total. The fourth-order valence-electron chi connectivity index (χ4n) is 2.63. The van der Waals surface area contributed by atoms with Crippen LogP contribution in [0.25, 0.3) is 0 Å². The minimum absolute atomic E-state index is 0.116. The number of hydrogen-bond donors (Lipinski definition) is 1. The normalized spacial score (nSPS) is 10.7. The lowest BCUT2D eigenvalue weighted by Gasteiger charge is -2.13. The maximum absolute atomic E-state index is 12.6. The summed E-state index contributed by atoms with van der Waals surface area (Å²) in [6, 6.07) is 16.6. The first-order valence-electron chi connectivity index (χ1n) is 8.73. The number of nitrogens with zero attached hydrogens (tertiary/aromatic N) is 2. The molecule has 1 N–H and O–H groups in total. The third-order valence-corrected chi connectivity index (χ3v) is 5.37. The van der Waals surface area contributed by atoms with Crippen LogP contribution in [0, 0.1) is 13.8 Å². The molecule has 0 aliphatic rings. The van der Waals surface area contributed by atoms with Crippen molar-refractivity contribution in [3.63, 3.8) is 0 Å².